The van der Waals surface area contributed by atoms with Crippen LogP contribution < -0.4 is 5.32 Å². The molecule has 1 fully saturated rings. The Morgan fingerprint density at radius 2 is 2.00 bits per heavy atom. The molecule has 0 bridgehead atoms. The molecule has 1 aliphatic rings. The molecule has 1 amide bonds. The summed E-state index contributed by atoms with van der Waals surface area (Å²) in [6.45, 7) is 7.75. The minimum atomic E-state index is -1.11. The number of aliphatic carboxylic acids is 1. The van der Waals surface area contributed by atoms with Crippen LogP contribution in [0.5, 0.6) is 0 Å². The lowest BCUT2D eigenvalue weighted by Crippen LogP contribution is -2.56. The van der Waals surface area contributed by atoms with Gasteiger partial charge in [-0.3, -0.25) is 4.79 Å². The van der Waals surface area contributed by atoms with Crippen molar-refractivity contribution in [2.24, 2.45) is 5.92 Å². The first kappa shape index (κ1) is 18.5. The molecule has 1 aromatic heterocycles. The zero-order chi connectivity index (χ0) is 17.9. The van der Waals surface area contributed by atoms with Gasteiger partial charge in [0, 0.05) is 12.0 Å². The van der Waals surface area contributed by atoms with Gasteiger partial charge >= 0.3 is 5.97 Å². The van der Waals surface area contributed by atoms with E-state index in [-0.39, 0.29) is 18.2 Å². The SMILES string of the molecule is CCC1CCC(NC(=O)CC(C)c2c(C)noc2C)(C(=O)O)CC1. The molecule has 2 rings (SSSR count). The van der Waals surface area contributed by atoms with Crippen LogP contribution in [0.25, 0.3) is 0 Å². The maximum Gasteiger partial charge on any atom is 0.329 e. The number of aromatic nitrogens is 1. The molecule has 134 valence electrons. The second kappa shape index (κ2) is 7.36. The van der Waals surface area contributed by atoms with Crippen LogP contribution >= 0.6 is 0 Å². The van der Waals surface area contributed by atoms with E-state index in [0.29, 0.717) is 24.5 Å². The van der Waals surface area contributed by atoms with Crippen LogP contribution in [-0.4, -0.2) is 27.7 Å². The normalized spacial score (nSPS) is 25.2. The van der Waals surface area contributed by atoms with E-state index in [1.54, 1.807) is 0 Å². The summed E-state index contributed by atoms with van der Waals surface area (Å²) in [4.78, 5) is 24.3. The molecule has 1 aromatic rings. The first-order valence-electron chi connectivity index (χ1n) is 8.76. The van der Waals surface area contributed by atoms with Crippen molar-refractivity contribution in [1.29, 1.82) is 0 Å². The Bertz CT molecular complexity index is 581. The Morgan fingerprint density at radius 1 is 1.38 bits per heavy atom. The summed E-state index contributed by atoms with van der Waals surface area (Å²) in [6.07, 6.45) is 4.01. The number of carbonyl (C=O) groups excluding carboxylic acids is 1. The third-order valence-electron chi connectivity index (χ3n) is 5.40. The third-order valence-corrected chi connectivity index (χ3v) is 5.40. The summed E-state index contributed by atoms with van der Waals surface area (Å²) in [5.41, 5.74) is 0.606. The molecule has 1 saturated carbocycles. The number of amides is 1. The highest BCUT2D eigenvalue weighted by molar-refractivity contribution is 5.87. The van der Waals surface area contributed by atoms with Crippen molar-refractivity contribution in [2.45, 2.75) is 77.7 Å². The van der Waals surface area contributed by atoms with Gasteiger partial charge in [0.25, 0.3) is 0 Å². The number of hydrogen-bond acceptors (Lipinski definition) is 4. The minimum Gasteiger partial charge on any atom is -0.480 e. The molecule has 1 heterocycles. The number of rotatable bonds is 6. The lowest BCUT2D eigenvalue weighted by Gasteiger charge is -2.37. The van der Waals surface area contributed by atoms with E-state index in [9.17, 15) is 14.7 Å². The highest BCUT2D eigenvalue weighted by Gasteiger charge is 2.43. The van der Waals surface area contributed by atoms with Crippen molar-refractivity contribution >= 4 is 11.9 Å². The second-order valence-electron chi connectivity index (χ2n) is 7.13. The molecule has 0 aromatic carbocycles. The predicted molar refractivity (Wildman–Crippen MR) is 89.8 cm³/mol. The average Bonchev–Trinajstić information content (AvgIpc) is 2.86. The van der Waals surface area contributed by atoms with Crippen LogP contribution in [-0.2, 0) is 9.59 Å². The molecule has 0 saturated heterocycles. The van der Waals surface area contributed by atoms with Crippen LogP contribution in [0.4, 0.5) is 0 Å². The number of nitrogens with one attached hydrogen (secondary N) is 1. The Hall–Kier alpha value is -1.85. The van der Waals surface area contributed by atoms with E-state index in [1.165, 1.54) is 0 Å². The fourth-order valence-electron chi connectivity index (χ4n) is 3.86. The van der Waals surface area contributed by atoms with Crippen LogP contribution in [0.1, 0.15) is 75.3 Å². The molecule has 0 radical (unpaired) electrons. The van der Waals surface area contributed by atoms with Gasteiger partial charge in [0.05, 0.1) is 5.69 Å². The lowest BCUT2D eigenvalue weighted by molar-refractivity contribution is -0.149. The van der Waals surface area contributed by atoms with E-state index >= 15 is 0 Å². The summed E-state index contributed by atoms with van der Waals surface area (Å²) in [5.74, 6) is 0.0733. The van der Waals surface area contributed by atoms with Gasteiger partial charge in [0.2, 0.25) is 5.91 Å². The fraction of sp³-hybridized carbons (Fsp3) is 0.722. The number of carboxylic acids is 1. The first-order valence-corrected chi connectivity index (χ1v) is 8.76. The zero-order valence-electron chi connectivity index (χ0n) is 15.0. The third kappa shape index (κ3) is 3.79. The summed E-state index contributed by atoms with van der Waals surface area (Å²) in [5, 5.41) is 16.4. The highest BCUT2D eigenvalue weighted by Crippen LogP contribution is 2.34. The van der Waals surface area contributed by atoms with E-state index in [4.69, 9.17) is 4.52 Å². The molecule has 24 heavy (non-hydrogen) atoms. The van der Waals surface area contributed by atoms with Gasteiger partial charge in [-0.05, 0) is 51.4 Å². The summed E-state index contributed by atoms with van der Waals surface area (Å²) >= 11 is 0. The lowest BCUT2D eigenvalue weighted by atomic mass is 9.75. The van der Waals surface area contributed by atoms with Crippen molar-refractivity contribution in [3.05, 3.63) is 17.0 Å². The fourth-order valence-corrected chi connectivity index (χ4v) is 3.86. The molecule has 1 unspecified atom stereocenters. The second-order valence-corrected chi connectivity index (χ2v) is 7.13. The summed E-state index contributed by atoms with van der Waals surface area (Å²) in [7, 11) is 0. The van der Waals surface area contributed by atoms with Gasteiger partial charge in [-0.25, -0.2) is 4.79 Å². The van der Waals surface area contributed by atoms with Crippen LogP contribution in [0.2, 0.25) is 0 Å². The van der Waals surface area contributed by atoms with Gasteiger partial charge in [-0.1, -0.05) is 25.4 Å². The molecule has 0 aliphatic heterocycles. The number of carboxylic acid groups (broad SMARTS) is 1. The predicted octanol–water partition coefficient (Wildman–Crippen LogP) is 3.32. The maximum atomic E-state index is 12.5. The Labute approximate surface area is 143 Å². The van der Waals surface area contributed by atoms with Crippen LogP contribution in [0.15, 0.2) is 4.52 Å². The number of nitrogens with zero attached hydrogens (tertiary/aromatic N) is 1. The first-order chi connectivity index (χ1) is 11.3. The van der Waals surface area contributed by atoms with E-state index in [2.05, 4.69) is 17.4 Å². The highest BCUT2D eigenvalue weighted by atomic mass is 16.5. The van der Waals surface area contributed by atoms with Gasteiger partial charge in [0.15, 0.2) is 0 Å². The van der Waals surface area contributed by atoms with Crippen molar-refractivity contribution in [1.82, 2.24) is 10.5 Å². The molecule has 6 heteroatoms. The van der Waals surface area contributed by atoms with Crippen molar-refractivity contribution < 1.29 is 19.2 Å². The van der Waals surface area contributed by atoms with Gasteiger partial charge in [-0.15, -0.1) is 0 Å². The Balaban J connectivity index is 2.03. The zero-order valence-corrected chi connectivity index (χ0v) is 15.0. The summed E-state index contributed by atoms with van der Waals surface area (Å²) in [6, 6.07) is 0. The van der Waals surface area contributed by atoms with E-state index in [1.807, 2.05) is 20.8 Å². The van der Waals surface area contributed by atoms with Gasteiger partial charge in [0.1, 0.15) is 11.3 Å². The topological polar surface area (TPSA) is 92.4 Å². The van der Waals surface area contributed by atoms with E-state index in [0.717, 1.165) is 30.5 Å². The summed E-state index contributed by atoms with van der Waals surface area (Å²) < 4.78 is 5.15. The molecule has 1 aliphatic carbocycles. The number of hydrogen-bond donors (Lipinski definition) is 2. The molecule has 1 atom stereocenters. The Kier molecular flexibility index (Phi) is 5.67. The van der Waals surface area contributed by atoms with Crippen LogP contribution in [0.3, 0.4) is 0 Å². The standard InChI is InChI=1S/C18H28N2O4/c1-5-14-6-8-18(9-7-14,17(22)23)19-15(21)10-11(2)16-12(3)20-24-13(16)4/h11,14H,5-10H2,1-4H3,(H,19,21)(H,22,23). The molecular weight excluding hydrogens is 308 g/mol. The van der Waals surface area contributed by atoms with Crippen molar-refractivity contribution in [3.63, 3.8) is 0 Å². The minimum absolute atomic E-state index is 0.0610. The van der Waals surface area contributed by atoms with Crippen molar-refractivity contribution in [2.75, 3.05) is 0 Å². The molecule has 0 spiro atoms. The quantitative estimate of drug-likeness (QED) is 0.831. The van der Waals surface area contributed by atoms with Gasteiger partial charge in [-0.2, -0.15) is 0 Å². The van der Waals surface area contributed by atoms with E-state index < -0.39 is 11.5 Å². The number of carbonyl (C=O) groups is 2. The number of aryl methyl sites for hydroxylation is 2. The maximum absolute atomic E-state index is 12.5. The van der Waals surface area contributed by atoms with Crippen LogP contribution in [0, 0.1) is 19.8 Å². The monoisotopic (exact) mass is 336 g/mol. The van der Waals surface area contributed by atoms with Gasteiger partial charge < -0.3 is 14.9 Å². The largest absolute Gasteiger partial charge is 0.480 e. The van der Waals surface area contributed by atoms with Crippen molar-refractivity contribution in [3.8, 4) is 0 Å². The smallest absolute Gasteiger partial charge is 0.329 e. The molecular formula is C18H28N2O4. The molecule has 2 N–H and O–H groups in total. The Morgan fingerprint density at radius 3 is 2.46 bits per heavy atom. The average molecular weight is 336 g/mol. The molecule has 6 nitrogen and oxygen atoms in total.